The molecule has 0 amide bonds. The Labute approximate surface area is 136 Å². The fraction of sp³-hybridized carbons (Fsp3) is 0.118. The minimum atomic E-state index is -0.114. The highest BCUT2D eigenvalue weighted by Gasteiger charge is 2.12. The third kappa shape index (κ3) is 2.42. The first-order chi connectivity index (χ1) is 11.3. The predicted octanol–water partition coefficient (Wildman–Crippen LogP) is 3.34. The van der Waals surface area contributed by atoms with Gasteiger partial charge in [-0.2, -0.15) is 0 Å². The summed E-state index contributed by atoms with van der Waals surface area (Å²) in [5.74, 6) is 0.622. The second kappa shape index (κ2) is 5.57. The van der Waals surface area contributed by atoms with Gasteiger partial charge in [0.2, 0.25) is 0 Å². The molecule has 114 valence electrons. The fourth-order valence-corrected chi connectivity index (χ4v) is 3.35. The van der Waals surface area contributed by atoms with Crippen molar-refractivity contribution < 1.29 is 5.11 Å². The van der Waals surface area contributed by atoms with Gasteiger partial charge in [-0.25, -0.2) is 4.98 Å². The lowest BCUT2D eigenvalue weighted by Crippen LogP contribution is -2.01. The van der Waals surface area contributed by atoms with Crippen LogP contribution in [0.25, 0.3) is 27.3 Å². The van der Waals surface area contributed by atoms with Crippen LogP contribution in [0.2, 0.25) is 0 Å². The van der Waals surface area contributed by atoms with Crippen LogP contribution in [0, 0.1) is 6.92 Å². The number of aliphatic hydroxyl groups excluding tert-OH is 1. The number of hydrogen-bond donors (Lipinski definition) is 1. The molecule has 6 heteroatoms. The Hall–Kier alpha value is -2.57. The average molecular weight is 322 g/mol. The van der Waals surface area contributed by atoms with Crippen LogP contribution >= 0.6 is 11.3 Å². The highest BCUT2D eigenvalue weighted by Crippen LogP contribution is 2.27. The van der Waals surface area contributed by atoms with Crippen molar-refractivity contribution in [2.24, 2.45) is 0 Å². The molecule has 0 fully saturated rings. The molecule has 0 radical (unpaired) electrons. The van der Waals surface area contributed by atoms with Gasteiger partial charge in [0.25, 0.3) is 0 Å². The Bertz CT molecular complexity index is 989. The van der Waals surface area contributed by atoms with Crippen molar-refractivity contribution in [3.8, 4) is 16.3 Å². The van der Waals surface area contributed by atoms with Gasteiger partial charge >= 0.3 is 0 Å². The molecule has 0 aliphatic heterocycles. The van der Waals surface area contributed by atoms with Crippen molar-refractivity contribution in [1.29, 1.82) is 0 Å². The smallest absolute Gasteiger partial charge is 0.147 e. The van der Waals surface area contributed by atoms with Gasteiger partial charge in [0.1, 0.15) is 22.4 Å². The van der Waals surface area contributed by atoms with E-state index in [1.54, 1.807) is 11.3 Å². The van der Waals surface area contributed by atoms with Gasteiger partial charge < -0.3 is 5.11 Å². The molecule has 0 saturated heterocycles. The zero-order valence-electron chi connectivity index (χ0n) is 12.5. The predicted molar refractivity (Wildman–Crippen MR) is 90.6 cm³/mol. The Kier molecular flexibility index (Phi) is 3.40. The summed E-state index contributed by atoms with van der Waals surface area (Å²) in [7, 11) is 0. The molecule has 0 unspecified atom stereocenters. The van der Waals surface area contributed by atoms with Crippen molar-refractivity contribution >= 4 is 22.4 Å². The summed E-state index contributed by atoms with van der Waals surface area (Å²) in [6, 6.07) is 15.9. The van der Waals surface area contributed by atoms with Crippen LogP contribution in [0.5, 0.6) is 0 Å². The molecule has 4 rings (SSSR count). The lowest BCUT2D eigenvalue weighted by atomic mass is 10.2. The van der Waals surface area contributed by atoms with Gasteiger partial charge in [-0.05, 0) is 31.2 Å². The molecule has 2 heterocycles. The Morgan fingerprint density at radius 3 is 2.74 bits per heavy atom. The van der Waals surface area contributed by atoms with Gasteiger partial charge in [-0.3, -0.25) is 4.57 Å². The number of benzene rings is 2. The first-order valence-electron chi connectivity index (χ1n) is 7.24. The minimum Gasteiger partial charge on any atom is -0.388 e. The normalized spacial score (nSPS) is 11.2. The molecular weight excluding hydrogens is 308 g/mol. The molecule has 0 bridgehead atoms. The van der Waals surface area contributed by atoms with Crippen LogP contribution in [-0.4, -0.2) is 24.9 Å². The maximum absolute atomic E-state index is 9.67. The molecule has 4 aromatic rings. The molecule has 23 heavy (non-hydrogen) atoms. The SMILES string of the molecule is Cc1nnc(-c2cccc(-n3c(CO)nc4ccccc43)c2)s1. The average Bonchev–Trinajstić information content (AvgIpc) is 3.18. The largest absolute Gasteiger partial charge is 0.388 e. The first kappa shape index (κ1) is 14.0. The van der Waals surface area contributed by atoms with Crippen molar-refractivity contribution in [1.82, 2.24) is 19.7 Å². The summed E-state index contributed by atoms with van der Waals surface area (Å²) in [6.07, 6.45) is 0. The van der Waals surface area contributed by atoms with Crippen LogP contribution in [0.15, 0.2) is 48.5 Å². The van der Waals surface area contributed by atoms with Crippen molar-refractivity contribution in [3.63, 3.8) is 0 Å². The van der Waals surface area contributed by atoms with Crippen molar-refractivity contribution in [3.05, 3.63) is 59.4 Å². The second-order valence-electron chi connectivity index (χ2n) is 5.19. The van der Waals surface area contributed by atoms with E-state index >= 15 is 0 Å². The lowest BCUT2D eigenvalue weighted by Gasteiger charge is -2.09. The standard InChI is InChI=1S/C17H14N4OS/c1-11-19-20-17(23-11)12-5-4-6-13(9-12)21-15-8-3-2-7-14(15)18-16(21)10-22/h2-9,22H,10H2,1H3. The number of rotatable bonds is 3. The number of fused-ring (bicyclic) bond motifs is 1. The highest BCUT2D eigenvalue weighted by atomic mass is 32.1. The summed E-state index contributed by atoms with van der Waals surface area (Å²) >= 11 is 1.56. The molecule has 0 aliphatic carbocycles. The van der Waals surface area contributed by atoms with Crippen LogP contribution in [0.4, 0.5) is 0 Å². The van der Waals surface area contributed by atoms with Crippen molar-refractivity contribution in [2.45, 2.75) is 13.5 Å². The van der Waals surface area contributed by atoms with E-state index in [2.05, 4.69) is 15.2 Å². The summed E-state index contributed by atoms with van der Waals surface area (Å²) < 4.78 is 1.98. The number of nitrogens with zero attached hydrogens (tertiary/aromatic N) is 4. The molecule has 5 nitrogen and oxygen atoms in total. The summed E-state index contributed by atoms with van der Waals surface area (Å²) in [5, 5.41) is 19.8. The molecule has 0 aliphatic rings. The monoisotopic (exact) mass is 322 g/mol. The number of aliphatic hydroxyl groups is 1. The number of aryl methyl sites for hydroxylation is 1. The summed E-state index contributed by atoms with van der Waals surface area (Å²) in [5.41, 5.74) is 3.80. The molecular formula is C17H14N4OS. The van der Waals surface area contributed by atoms with E-state index in [-0.39, 0.29) is 6.61 Å². The van der Waals surface area contributed by atoms with Gasteiger partial charge in [0, 0.05) is 11.3 Å². The van der Waals surface area contributed by atoms with E-state index in [9.17, 15) is 5.11 Å². The zero-order valence-corrected chi connectivity index (χ0v) is 13.3. The van der Waals surface area contributed by atoms with E-state index in [4.69, 9.17) is 0 Å². The molecule has 0 spiro atoms. The number of hydrogen-bond acceptors (Lipinski definition) is 5. The Morgan fingerprint density at radius 1 is 1.09 bits per heavy atom. The maximum atomic E-state index is 9.67. The van der Waals surface area contributed by atoms with Crippen LogP contribution in [0.3, 0.4) is 0 Å². The topological polar surface area (TPSA) is 63.8 Å². The van der Waals surface area contributed by atoms with Crippen LogP contribution in [-0.2, 0) is 6.61 Å². The zero-order chi connectivity index (χ0) is 15.8. The molecule has 2 aromatic heterocycles. The number of imidazole rings is 1. The van der Waals surface area contributed by atoms with Gasteiger partial charge in [0.15, 0.2) is 0 Å². The van der Waals surface area contributed by atoms with E-state index in [0.29, 0.717) is 5.82 Å². The van der Waals surface area contributed by atoms with Gasteiger partial charge in [-0.1, -0.05) is 35.6 Å². The Morgan fingerprint density at radius 2 is 1.96 bits per heavy atom. The molecule has 0 atom stereocenters. The van der Waals surface area contributed by atoms with E-state index in [0.717, 1.165) is 32.3 Å². The van der Waals surface area contributed by atoms with Crippen LogP contribution < -0.4 is 0 Å². The van der Waals surface area contributed by atoms with Gasteiger partial charge in [-0.15, -0.1) is 10.2 Å². The van der Waals surface area contributed by atoms with E-state index in [1.807, 2.05) is 60.0 Å². The fourth-order valence-electron chi connectivity index (χ4n) is 2.66. The second-order valence-corrected chi connectivity index (χ2v) is 6.37. The lowest BCUT2D eigenvalue weighted by molar-refractivity contribution is 0.270. The highest BCUT2D eigenvalue weighted by molar-refractivity contribution is 7.14. The molecule has 2 aromatic carbocycles. The third-order valence-electron chi connectivity index (χ3n) is 3.65. The summed E-state index contributed by atoms with van der Waals surface area (Å²) in [6.45, 7) is 1.83. The van der Waals surface area contributed by atoms with E-state index < -0.39 is 0 Å². The quantitative estimate of drug-likeness (QED) is 0.628. The number of para-hydroxylation sites is 2. The molecule has 0 saturated carbocycles. The van der Waals surface area contributed by atoms with E-state index in [1.165, 1.54) is 0 Å². The van der Waals surface area contributed by atoms with Crippen molar-refractivity contribution in [2.75, 3.05) is 0 Å². The number of aromatic nitrogens is 4. The van der Waals surface area contributed by atoms with Gasteiger partial charge in [0.05, 0.1) is 11.0 Å². The first-order valence-corrected chi connectivity index (χ1v) is 8.06. The van der Waals surface area contributed by atoms with Crippen LogP contribution in [0.1, 0.15) is 10.8 Å². The minimum absolute atomic E-state index is 0.114. The molecule has 1 N–H and O–H groups in total. The third-order valence-corrected chi connectivity index (χ3v) is 4.54. The maximum Gasteiger partial charge on any atom is 0.147 e. The summed E-state index contributed by atoms with van der Waals surface area (Å²) in [4.78, 5) is 4.50. The Balaban J connectivity index is 1.91.